The fourth-order valence-electron chi connectivity index (χ4n) is 2.61. The highest BCUT2D eigenvalue weighted by atomic mass is 35.5. The van der Waals surface area contributed by atoms with Crippen LogP contribution in [0.2, 0.25) is 10.0 Å². The van der Waals surface area contributed by atoms with Gasteiger partial charge in [0.2, 0.25) is 5.91 Å². The van der Waals surface area contributed by atoms with E-state index in [9.17, 15) is 9.59 Å². The molecule has 0 bridgehead atoms. The average Bonchev–Trinajstić information content (AvgIpc) is 2.60. The van der Waals surface area contributed by atoms with Gasteiger partial charge in [-0.1, -0.05) is 59.1 Å². The van der Waals surface area contributed by atoms with Gasteiger partial charge in [0.25, 0.3) is 0 Å². The van der Waals surface area contributed by atoms with Crippen molar-refractivity contribution in [2.75, 3.05) is 13.7 Å². The molecule has 0 saturated carbocycles. The van der Waals surface area contributed by atoms with Crippen molar-refractivity contribution >= 4 is 35.1 Å². The molecule has 0 aromatic heterocycles. The topological polar surface area (TPSA) is 46.6 Å². The predicted octanol–water partition coefficient (Wildman–Crippen LogP) is 4.61. The maximum absolute atomic E-state index is 12.8. The summed E-state index contributed by atoms with van der Waals surface area (Å²) in [6.45, 7) is 3.92. The van der Waals surface area contributed by atoms with Crippen LogP contribution >= 0.6 is 23.2 Å². The quantitative estimate of drug-likeness (QED) is 0.673. The third kappa shape index (κ3) is 4.77. The van der Waals surface area contributed by atoms with Crippen LogP contribution in [0.1, 0.15) is 29.7 Å². The second kappa shape index (κ2) is 9.06. The Kier molecular flexibility index (Phi) is 7.06. The zero-order valence-electron chi connectivity index (χ0n) is 15.0. The summed E-state index contributed by atoms with van der Waals surface area (Å²) < 4.78 is 5.17. The van der Waals surface area contributed by atoms with Crippen molar-refractivity contribution in [2.45, 2.75) is 26.3 Å². The van der Waals surface area contributed by atoms with Crippen LogP contribution in [0.5, 0.6) is 0 Å². The highest BCUT2D eigenvalue weighted by molar-refractivity contribution is 6.36. The number of benzene rings is 2. The standard InChI is InChI=1S/C20H21Cl2NO3/c1-4-26-20(25)19(14-10-8-13(2)9-11-14)23(3)18(24)12-15-16(21)6-5-7-17(15)22/h5-11,19H,4,12H2,1-3H3. The Morgan fingerprint density at radius 1 is 1.08 bits per heavy atom. The van der Waals surface area contributed by atoms with Gasteiger partial charge >= 0.3 is 5.97 Å². The maximum Gasteiger partial charge on any atom is 0.333 e. The molecule has 4 nitrogen and oxygen atoms in total. The SMILES string of the molecule is CCOC(=O)C(c1ccc(C)cc1)N(C)C(=O)Cc1c(Cl)cccc1Cl. The number of carbonyl (C=O) groups excluding carboxylic acids is 2. The molecule has 0 spiro atoms. The second-order valence-electron chi connectivity index (χ2n) is 5.95. The molecule has 138 valence electrons. The Morgan fingerprint density at radius 2 is 1.65 bits per heavy atom. The highest BCUT2D eigenvalue weighted by Crippen LogP contribution is 2.27. The molecule has 0 radical (unpaired) electrons. The van der Waals surface area contributed by atoms with E-state index in [1.165, 1.54) is 4.90 Å². The largest absolute Gasteiger partial charge is 0.464 e. The van der Waals surface area contributed by atoms with E-state index in [1.54, 1.807) is 32.2 Å². The lowest BCUT2D eigenvalue weighted by Gasteiger charge is -2.27. The molecule has 0 aliphatic carbocycles. The van der Waals surface area contributed by atoms with E-state index >= 15 is 0 Å². The molecule has 26 heavy (non-hydrogen) atoms. The van der Waals surface area contributed by atoms with Gasteiger partial charge in [-0.3, -0.25) is 4.79 Å². The summed E-state index contributed by atoms with van der Waals surface area (Å²) in [6.07, 6.45) is -0.00320. The number of halogens is 2. The van der Waals surface area contributed by atoms with Crippen molar-refractivity contribution in [1.29, 1.82) is 0 Å². The Morgan fingerprint density at radius 3 is 2.19 bits per heavy atom. The van der Waals surface area contributed by atoms with Crippen molar-refractivity contribution in [3.63, 3.8) is 0 Å². The molecule has 0 heterocycles. The summed E-state index contributed by atoms with van der Waals surface area (Å²) in [7, 11) is 1.58. The number of nitrogens with zero attached hydrogens (tertiary/aromatic N) is 1. The summed E-state index contributed by atoms with van der Waals surface area (Å²) in [4.78, 5) is 26.7. The monoisotopic (exact) mass is 393 g/mol. The molecular weight excluding hydrogens is 373 g/mol. The van der Waals surface area contributed by atoms with E-state index < -0.39 is 12.0 Å². The first-order chi connectivity index (χ1) is 12.3. The summed E-state index contributed by atoms with van der Waals surface area (Å²) in [5.74, 6) is -0.754. The van der Waals surface area contributed by atoms with Crippen LogP contribution in [-0.4, -0.2) is 30.4 Å². The molecule has 1 amide bonds. The van der Waals surface area contributed by atoms with Gasteiger partial charge < -0.3 is 9.64 Å². The minimum absolute atomic E-state index is 0.00320. The number of amides is 1. The van der Waals surface area contributed by atoms with Crippen LogP contribution in [0.4, 0.5) is 0 Å². The van der Waals surface area contributed by atoms with E-state index in [0.717, 1.165) is 5.56 Å². The van der Waals surface area contributed by atoms with Crippen LogP contribution in [0.25, 0.3) is 0 Å². The van der Waals surface area contributed by atoms with Gasteiger partial charge in [-0.05, 0) is 37.1 Å². The number of hydrogen-bond donors (Lipinski definition) is 0. The van der Waals surface area contributed by atoms with Gasteiger partial charge in [0, 0.05) is 17.1 Å². The van der Waals surface area contributed by atoms with Crippen LogP contribution in [0, 0.1) is 6.92 Å². The van der Waals surface area contributed by atoms with Crippen molar-refractivity contribution in [2.24, 2.45) is 0 Å². The van der Waals surface area contributed by atoms with Crippen LogP contribution in [0.3, 0.4) is 0 Å². The Hall–Kier alpha value is -2.04. The Balaban J connectivity index is 2.30. The van der Waals surface area contributed by atoms with Crippen LogP contribution in [-0.2, 0) is 20.7 Å². The number of rotatable bonds is 6. The minimum atomic E-state index is -0.829. The predicted molar refractivity (Wildman–Crippen MR) is 103 cm³/mol. The lowest BCUT2D eigenvalue weighted by Crippen LogP contribution is -2.37. The number of carbonyl (C=O) groups is 2. The number of esters is 1. The molecule has 2 rings (SSSR count). The third-order valence-electron chi connectivity index (χ3n) is 4.07. The van der Waals surface area contributed by atoms with Gasteiger partial charge in [-0.15, -0.1) is 0 Å². The van der Waals surface area contributed by atoms with E-state index in [2.05, 4.69) is 0 Å². The summed E-state index contributed by atoms with van der Waals surface area (Å²) in [5, 5.41) is 0.838. The van der Waals surface area contributed by atoms with Gasteiger partial charge in [-0.25, -0.2) is 4.79 Å². The zero-order valence-corrected chi connectivity index (χ0v) is 16.5. The van der Waals surface area contributed by atoms with E-state index in [1.807, 2.05) is 31.2 Å². The molecule has 0 aliphatic heterocycles. The first-order valence-electron chi connectivity index (χ1n) is 8.26. The minimum Gasteiger partial charge on any atom is -0.464 e. The van der Waals surface area contributed by atoms with Crippen LogP contribution < -0.4 is 0 Å². The molecule has 0 fully saturated rings. The molecule has 1 unspecified atom stereocenters. The average molecular weight is 394 g/mol. The fourth-order valence-corrected chi connectivity index (χ4v) is 3.14. The third-order valence-corrected chi connectivity index (χ3v) is 4.78. The second-order valence-corrected chi connectivity index (χ2v) is 6.76. The smallest absolute Gasteiger partial charge is 0.333 e. The summed E-state index contributed by atoms with van der Waals surface area (Å²) in [6, 6.07) is 11.7. The zero-order chi connectivity index (χ0) is 19.3. The molecule has 0 N–H and O–H groups in total. The van der Waals surface area contributed by atoms with Crippen molar-refractivity contribution in [3.05, 3.63) is 69.2 Å². The molecular formula is C20H21Cl2NO3. The van der Waals surface area contributed by atoms with Crippen molar-refractivity contribution in [3.8, 4) is 0 Å². The lowest BCUT2D eigenvalue weighted by molar-refractivity contribution is -0.154. The van der Waals surface area contributed by atoms with E-state index in [4.69, 9.17) is 27.9 Å². The first-order valence-corrected chi connectivity index (χ1v) is 9.02. The highest BCUT2D eigenvalue weighted by Gasteiger charge is 2.30. The van der Waals surface area contributed by atoms with Crippen molar-refractivity contribution in [1.82, 2.24) is 4.90 Å². The molecule has 0 saturated heterocycles. The number of hydrogen-bond acceptors (Lipinski definition) is 3. The maximum atomic E-state index is 12.8. The van der Waals surface area contributed by atoms with E-state index in [0.29, 0.717) is 21.2 Å². The summed E-state index contributed by atoms with van der Waals surface area (Å²) >= 11 is 12.3. The Bertz CT molecular complexity index is 770. The molecule has 2 aromatic rings. The number of ether oxygens (including phenoxy) is 1. The normalized spacial score (nSPS) is 11.7. The Labute approximate surface area is 163 Å². The van der Waals surface area contributed by atoms with E-state index in [-0.39, 0.29) is 18.9 Å². The molecule has 2 aromatic carbocycles. The fraction of sp³-hybridized carbons (Fsp3) is 0.300. The van der Waals surface area contributed by atoms with Crippen LogP contribution in [0.15, 0.2) is 42.5 Å². The summed E-state index contributed by atoms with van der Waals surface area (Å²) in [5.41, 5.74) is 2.29. The van der Waals surface area contributed by atoms with Gasteiger partial charge in [0.1, 0.15) is 0 Å². The van der Waals surface area contributed by atoms with Gasteiger partial charge in [0.05, 0.1) is 13.0 Å². The van der Waals surface area contributed by atoms with Crippen molar-refractivity contribution < 1.29 is 14.3 Å². The molecule has 1 atom stereocenters. The number of likely N-dealkylation sites (N-methyl/N-ethyl adjacent to an activating group) is 1. The van der Waals surface area contributed by atoms with Gasteiger partial charge in [0.15, 0.2) is 6.04 Å². The van der Waals surface area contributed by atoms with Gasteiger partial charge in [-0.2, -0.15) is 0 Å². The number of aryl methyl sites for hydroxylation is 1. The molecule has 0 aliphatic rings. The lowest BCUT2D eigenvalue weighted by atomic mass is 10.0. The first kappa shape index (κ1) is 20.3. The molecule has 6 heteroatoms.